The average molecular weight is 468 g/mol. The summed E-state index contributed by atoms with van der Waals surface area (Å²) in [5.41, 5.74) is 6.80. The second-order valence-electron chi connectivity index (χ2n) is 8.23. The molecule has 0 N–H and O–H groups in total. The maximum atomic E-state index is 13.4. The van der Waals surface area contributed by atoms with Crippen LogP contribution in [0.15, 0.2) is 97.1 Å². The van der Waals surface area contributed by atoms with Crippen LogP contribution in [0.2, 0.25) is 5.02 Å². The first kappa shape index (κ1) is 21.9. The highest BCUT2D eigenvalue weighted by molar-refractivity contribution is 6.30. The number of carbonyl (C=O) groups excluding carboxylic acids is 2. The summed E-state index contributed by atoms with van der Waals surface area (Å²) in [4.78, 5) is 26.0. The number of hydrogen-bond donors (Lipinski definition) is 0. The molecule has 0 unspecified atom stereocenters. The lowest BCUT2D eigenvalue weighted by Gasteiger charge is -2.24. The highest BCUT2D eigenvalue weighted by Crippen LogP contribution is 2.44. The SMILES string of the molecule is O=Cc1ccc(N(Cc2ccc(Cl)cc2)C(=O)OCC2c3ccccc3-c3ccccc32)cc1. The molecule has 5 heteroatoms. The lowest BCUT2D eigenvalue weighted by Crippen LogP contribution is -2.32. The minimum atomic E-state index is -0.448. The molecule has 0 bridgehead atoms. The summed E-state index contributed by atoms with van der Waals surface area (Å²) in [6.07, 6.45) is 0.330. The molecule has 0 saturated carbocycles. The Hall–Kier alpha value is -3.89. The molecule has 0 radical (unpaired) electrons. The van der Waals surface area contributed by atoms with E-state index in [1.54, 1.807) is 41.3 Å². The molecule has 0 saturated heterocycles. The van der Waals surface area contributed by atoms with Crippen LogP contribution in [0, 0.1) is 0 Å². The molecule has 0 aliphatic heterocycles. The fourth-order valence-electron chi connectivity index (χ4n) is 4.44. The van der Waals surface area contributed by atoms with Gasteiger partial charge in [0.2, 0.25) is 0 Å². The van der Waals surface area contributed by atoms with E-state index in [-0.39, 0.29) is 12.5 Å². The van der Waals surface area contributed by atoms with Crippen molar-refractivity contribution in [2.24, 2.45) is 0 Å². The van der Waals surface area contributed by atoms with Crippen LogP contribution in [0.5, 0.6) is 0 Å². The van der Waals surface area contributed by atoms with Crippen molar-refractivity contribution in [3.8, 4) is 11.1 Å². The third-order valence-electron chi connectivity index (χ3n) is 6.15. The van der Waals surface area contributed by atoms with Crippen LogP contribution in [0.3, 0.4) is 0 Å². The van der Waals surface area contributed by atoms with E-state index in [2.05, 4.69) is 24.3 Å². The normalized spacial score (nSPS) is 12.0. The zero-order valence-electron chi connectivity index (χ0n) is 18.4. The smallest absolute Gasteiger partial charge is 0.414 e. The molecule has 0 atom stereocenters. The Balaban J connectivity index is 1.40. The lowest BCUT2D eigenvalue weighted by atomic mass is 9.98. The summed E-state index contributed by atoms with van der Waals surface area (Å²) >= 11 is 6.03. The van der Waals surface area contributed by atoms with E-state index in [1.807, 2.05) is 36.4 Å². The standard InChI is InChI=1S/C29H22ClNO3/c30-22-13-9-20(10-14-22)17-31(23-15-11-21(18-32)12-16-23)29(33)34-19-28-26-7-3-1-5-24(26)25-6-2-4-8-27(25)28/h1-16,18,28H,17,19H2. The molecule has 1 aliphatic rings. The van der Waals surface area contributed by atoms with E-state index in [9.17, 15) is 9.59 Å². The van der Waals surface area contributed by atoms with Gasteiger partial charge in [-0.1, -0.05) is 72.3 Å². The topological polar surface area (TPSA) is 46.6 Å². The average Bonchev–Trinajstić information content (AvgIpc) is 3.21. The van der Waals surface area contributed by atoms with E-state index in [0.29, 0.717) is 22.8 Å². The van der Waals surface area contributed by atoms with E-state index in [0.717, 1.165) is 23.0 Å². The Bertz CT molecular complexity index is 1290. The maximum Gasteiger partial charge on any atom is 0.414 e. The third-order valence-corrected chi connectivity index (χ3v) is 6.40. The van der Waals surface area contributed by atoms with Crippen LogP contribution in [-0.2, 0) is 11.3 Å². The van der Waals surface area contributed by atoms with Gasteiger partial charge in [0.05, 0.1) is 6.54 Å². The zero-order valence-corrected chi connectivity index (χ0v) is 19.1. The molecule has 4 aromatic rings. The number of halogens is 1. The Kier molecular flexibility index (Phi) is 6.15. The highest BCUT2D eigenvalue weighted by atomic mass is 35.5. The molecule has 0 spiro atoms. The van der Waals surface area contributed by atoms with Crippen LogP contribution in [0.1, 0.15) is 33.0 Å². The monoisotopic (exact) mass is 467 g/mol. The van der Waals surface area contributed by atoms with Gasteiger partial charge in [0.25, 0.3) is 0 Å². The van der Waals surface area contributed by atoms with Crippen molar-refractivity contribution in [1.29, 1.82) is 0 Å². The molecule has 0 fully saturated rings. The van der Waals surface area contributed by atoms with Gasteiger partial charge in [-0.05, 0) is 64.2 Å². The second-order valence-corrected chi connectivity index (χ2v) is 8.66. The van der Waals surface area contributed by atoms with Gasteiger partial charge in [-0.3, -0.25) is 9.69 Å². The summed E-state index contributed by atoms with van der Waals surface area (Å²) in [6, 6.07) is 30.7. The molecule has 5 rings (SSSR count). The lowest BCUT2D eigenvalue weighted by molar-refractivity contribution is 0.112. The van der Waals surface area contributed by atoms with Crippen molar-refractivity contribution < 1.29 is 14.3 Å². The zero-order chi connectivity index (χ0) is 23.5. The van der Waals surface area contributed by atoms with Crippen LogP contribution in [0.25, 0.3) is 11.1 Å². The molecular weight excluding hydrogens is 446 g/mol. The summed E-state index contributed by atoms with van der Waals surface area (Å²) in [7, 11) is 0. The van der Waals surface area contributed by atoms with Gasteiger partial charge < -0.3 is 4.74 Å². The number of anilines is 1. The number of amides is 1. The largest absolute Gasteiger partial charge is 0.448 e. The van der Waals surface area contributed by atoms with Crippen LogP contribution in [-0.4, -0.2) is 19.0 Å². The molecule has 1 aliphatic carbocycles. The fourth-order valence-corrected chi connectivity index (χ4v) is 4.56. The predicted molar refractivity (Wildman–Crippen MR) is 135 cm³/mol. The van der Waals surface area contributed by atoms with Gasteiger partial charge in [0.15, 0.2) is 0 Å². The number of ether oxygens (including phenoxy) is 1. The van der Waals surface area contributed by atoms with E-state index >= 15 is 0 Å². The van der Waals surface area contributed by atoms with Gasteiger partial charge in [-0.15, -0.1) is 0 Å². The van der Waals surface area contributed by atoms with E-state index in [1.165, 1.54) is 11.1 Å². The number of fused-ring (bicyclic) bond motifs is 3. The van der Waals surface area contributed by atoms with Crippen molar-refractivity contribution in [3.05, 3.63) is 124 Å². The molecule has 0 heterocycles. The second kappa shape index (κ2) is 9.54. The predicted octanol–water partition coefficient (Wildman–Crippen LogP) is 7.11. The van der Waals surface area contributed by atoms with Crippen molar-refractivity contribution in [3.63, 3.8) is 0 Å². The van der Waals surface area contributed by atoms with Crippen LogP contribution >= 0.6 is 11.6 Å². The molecule has 4 nitrogen and oxygen atoms in total. The first-order valence-corrected chi connectivity index (χ1v) is 11.4. The molecule has 34 heavy (non-hydrogen) atoms. The van der Waals surface area contributed by atoms with Crippen molar-refractivity contribution in [1.82, 2.24) is 0 Å². The molecular formula is C29H22ClNO3. The number of nitrogens with zero attached hydrogens (tertiary/aromatic N) is 1. The Morgan fingerprint density at radius 1 is 0.824 bits per heavy atom. The minimum Gasteiger partial charge on any atom is -0.448 e. The minimum absolute atomic E-state index is 0.0221. The Morgan fingerprint density at radius 3 is 2.00 bits per heavy atom. The maximum absolute atomic E-state index is 13.4. The summed E-state index contributed by atoms with van der Waals surface area (Å²) in [5, 5.41) is 0.631. The van der Waals surface area contributed by atoms with Gasteiger partial charge >= 0.3 is 6.09 Å². The number of aldehydes is 1. The van der Waals surface area contributed by atoms with E-state index < -0.39 is 6.09 Å². The molecule has 0 aromatic heterocycles. The first-order chi connectivity index (χ1) is 16.6. The van der Waals surface area contributed by atoms with Crippen molar-refractivity contribution in [2.45, 2.75) is 12.5 Å². The summed E-state index contributed by atoms with van der Waals surface area (Å²) in [6.45, 7) is 0.546. The Morgan fingerprint density at radius 2 is 1.41 bits per heavy atom. The number of benzene rings is 4. The molecule has 168 valence electrons. The number of rotatable bonds is 6. The van der Waals surface area contributed by atoms with Gasteiger partial charge in [0.1, 0.15) is 12.9 Å². The van der Waals surface area contributed by atoms with Crippen molar-refractivity contribution >= 4 is 29.7 Å². The number of carbonyl (C=O) groups is 2. The van der Waals surface area contributed by atoms with Crippen LogP contribution < -0.4 is 4.90 Å². The fraction of sp³-hybridized carbons (Fsp3) is 0.103. The van der Waals surface area contributed by atoms with Gasteiger partial charge in [0, 0.05) is 22.2 Å². The van der Waals surface area contributed by atoms with Crippen molar-refractivity contribution in [2.75, 3.05) is 11.5 Å². The van der Waals surface area contributed by atoms with Gasteiger partial charge in [-0.25, -0.2) is 4.79 Å². The first-order valence-electron chi connectivity index (χ1n) is 11.1. The third kappa shape index (κ3) is 4.33. The Labute approximate surface area is 203 Å². The molecule has 1 amide bonds. The highest BCUT2D eigenvalue weighted by Gasteiger charge is 2.30. The summed E-state index contributed by atoms with van der Waals surface area (Å²) in [5.74, 6) is -0.0221. The van der Waals surface area contributed by atoms with E-state index in [4.69, 9.17) is 16.3 Å². The number of hydrogen-bond acceptors (Lipinski definition) is 3. The summed E-state index contributed by atoms with van der Waals surface area (Å²) < 4.78 is 5.90. The van der Waals surface area contributed by atoms with Gasteiger partial charge in [-0.2, -0.15) is 0 Å². The van der Waals surface area contributed by atoms with Crippen LogP contribution in [0.4, 0.5) is 10.5 Å². The molecule has 4 aromatic carbocycles. The quantitative estimate of drug-likeness (QED) is 0.284.